The third-order valence-electron chi connectivity index (χ3n) is 5.91. The van der Waals surface area contributed by atoms with Crippen LogP contribution in [0.1, 0.15) is 51.4 Å². The van der Waals surface area contributed by atoms with E-state index >= 15 is 0 Å². The highest BCUT2D eigenvalue weighted by molar-refractivity contribution is 7.14. The number of likely N-dealkylation sites (tertiary alicyclic amines) is 1. The van der Waals surface area contributed by atoms with Crippen LogP contribution in [-0.4, -0.2) is 36.9 Å². The summed E-state index contributed by atoms with van der Waals surface area (Å²) in [4.78, 5) is 29.6. The molecular formula is C23H28N2O3S. The molecular weight excluding hydrogens is 384 g/mol. The molecule has 1 N–H and O–H groups in total. The van der Waals surface area contributed by atoms with E-state index in [9.17, 15) is 9.59 Å². The molecule has 0 unspecified atom stereocenters. The van der Waals surface area contributed by atoms with Gasteiger partial charge in [0.1, 0.15) is 5.75 Å². The standard InChI is InChI=1S/C23H28N2O3S/c1-28-19-7-5-6-16(12-19)15-24-22(26)17-8-9-20-18(13-17)14-21(29-20)23(27)25-10-3-2-4-11-25/h5-7,12,14,17H,2-4,8-11,13,15H2,1H3,(H,24,26)/t17-/m1/s1. The van der Waals surface area contributed by atoms with Gasteiger partial charge in [-0.15, -0.1) is 11.3 Å². The number of carbonyl (C=O) groups is 2. The van der Waals surface area contributed by atoms with Gasteiger partial charge in [-0.2, -0.15) is 0 Å². The van der Waals surface area contributed by atoms with E-state index in [1.54, 1.807) is 18.4 Å². The molecule has 1 aromatic heterocycles. The molecule has 2 aromatic rings. The predicted molar refractivity (Wildman–Crippen MR) is 114 cm³/mol. The van der Waals surface area contributed by atoms with Crippen LogP contribution in [-0.2, 0) is 24.2 Å². The van der Waals surface area contributed by atoms with E-state index in [4.69, 9.17) is 4.74 Å². The average Bonchev–Trinajstić information content (AvgIpc) is 3.21. The molecule has 0 saturated carbocycles. The number of hydrogen-bond donors (Lipinski definition) is 1. The van der Waals surface area contributed by atoms with Crippen molar-refractivity contribution in [3.8, 4) is 5.75 Å². The topological polar surface area (TPSA) is 58.6 Å². The molecule has 2 aliphatic rings. The minimum absolute atomic E-state index is 0.0272. The van der Waals surface area contributed by atoms with Crippen LogP contribution < -0.4 is 10.1 Å². The zero-order chi connectivity index (χ0) is 20.2. The number of nitrogens with zero attached hydrogens (tertiary/aromatic N) is 1. The second-order valence-electron chi connectivity index (χ2n) is 7.92. The number of rotatable bonds is 5. The van der Waals surface area contributed by atoms with Crippen molar-refractivity contribution in [2.75, 3.05) is 20.2 Å². The van der Waals surface area contributed by atoms with Gasteiger partial charge in [-0.25, -0.2) is 0 Å². The van der Waals surface area contributed by atoms with Gasteiger partial charge in [0, 0.05) is 30.4 Å². The molecule has 2 heterocycles. The van der Waals surface area contributed by atoms with E-state index in [-0.39, 0.29) is 17.7 Å². The normalized spacial score (nSPS) is 18.8. The molecule has 1 fully saturated rings. The molecule has 6 heteroatoms. The molecule has 29 heavy (non-hydrogen) atoms. The van der Waals surface area contributed by atoms with Gasteiger partial charge in [-0.05, 0) is 67.9 Å². The molecule has 0 spiro atoms. The summed E-state index contributed by atoms with van der Waals surface area (Å²) in [7, 11) is 1.64. The summed E-state index contributed by atoms with van der Waals surface area (Å²) in [5.74, 6) is 1.03. The Morgan fingerprint density at radius 3 is 2.83 bits per heavy atom. The average molecular weight is 413 g/mol. The summed E-state index contributed by atoms with van der Waals surface area (Å²) in [5, 5.41) is 3.07. The van der Waals surface area contributed by atoms with Gasteiger partial charge < -0.3 is 15.0 Å². The fourth-order valence-corrected chi connectivity index (χ4v) is 5.40. The number of aryl methyl sites for hydroxylation is 1. The molecule has 1 saturated heterocycles. The molecule has 5 nitrogen and oxygen atoms in total. The maximum Gasteiger partial charge on any atom is 0.263 e. The fourth-order valence-electron chi connectivity index (χ4n) is 4.22. The van der Waals surface area contributed by atoms with Crippen LogP contribution in [0.25, 0.3) is 0 Å². The highest BCUT2D eigenvalue weighted by Gasteiger charge is 2.28. The highest BCUT2D eigenvalue weighted by Crippen LogP contribution is 2.33. The quantitative estimate of drug-likeness (QED) is 0.813. The second-order valence-corrected chi connectivity index (χ2v) is 9.06. The Bertz CT molecular complexity index is 886. The van der Waals surface area contributed by atoms with E-state index < -0.39 is 0 Å². The van der Waals surface area contributed by atoms with Crippen molar-refractivity contribution >= 4 is 23.2 Å². The largest absolute Gasteiger partial charge is 0.497 e. The number of hydrogen-bond acceptors (Lipinski definition) is 4. The molecule has 1 aromatic carbocycles. The van der Waals surface area contributed by atoms with Crippen LogP contribution in [0.4, 0.5) is 0 Å². The molecule has 154 valence electrons. The van der Waals surface area contributed by atoms with Crippen LogP contribution in [0.5, 0.6) is 5.75 Å². The highest BCUT2D eigenvalue weighted by atomic mass is 32.1. The Hall–Kier alpha value is -2.34. The van der Waals surface area contributed by atoms with Crippen molar-refractivity contribution in [2.45, 2.75) is 45.1 Å². The van der Waals surface area contributed by atoms with Gasteiger partial charge in [0.2, 0.25) is 5.91 Å². The summed E-state index contributed by atoms with van der Waals surface area (Å²) in [6, 6.07) is 9.79. The van der Waals surface area contributed by atoms with Crippen LogP contribution in [0, 0.1) is 5.92 Å². The number of methoxy groups -OCH3 is 1. The lowest BCUT2D eigenvalue weighted by atomic mass is 9.87. The van der Waals surface area contributed by atoms with Gasteiger partial charge in [0.15, 0.2) is 0 Å². The van der Waals surface area contributed by atoms with Gasteiger partial charge in [-0.3, -0.25) is 9.59 Å². The molecule has 0 radical (unpaired) electrons. The van der Waals surface area contributed by atoms with Crippen molar-refractivity contribution in [3.05, 3.63) is 51.2 Å². The maximum absolute atomic E-state index is 12.8. The summed E-state index contributed by atoms with van der Waals surface area (Å²) in [5.41, 5.74) is 2.21. The lowest BCUT2D eigenvalue weighted by Gasteiger charge is -2.26. The maximum atomic E-state index is 12.8. The van der Waals surface area contributed by atoms with E-state index in [0.717, 1.165) is 61.4 Å². The molecule has 4 rings (SSSR count). The van der Waals surface area contributed by atoms with E-state index in [1.165, 1.54) is 16.9 Å². The molecule has 1 aliphatic carbocycles. The van der Waals surface area contributed by atoms with Gasteiger partial charge in [0.25, 0.3) is 5.91 Å². The lowest BCUT2D eigenvalue weighted by Crippen LogP contribution is -2.35. The number of nitrogens with one attached hydrogen (secondary N) is 1. The predicted octanol–water partition coefficient (Wildman–Crippen LogP) is 3.80. The smallest absolute Gasteiger partial charge is 0.263 e. The molecule has 1 aliphatic heterocycles. The van der Waals surface area contributed by atoms with E-state index in [0.29, 0.717) is 6.54 Å². The SMILES string of the molecule is COc1cccc(CNC(=O)[C@@H]2CCc3sc(C(=O)N4CCCCC4)cc3C2)c1. The van der Waals surface area contributed by atoms with Gasteiger partial charge in [-0.1, -0.05) is 12.1 Å². The van der Waals surface area contributed by atoms with Crippen LogP contribution in [0.3, 0.4) is 0 Å². The van der Waals surface area contributed by atoms with Crippen molar-refractivity contribution < 1.29 is 14.3 Å². The minimum Gasteiger partial charge on any atom is -0.497 e. The fraction of sp³-hybridized carbons (Fsp3) is 0.478. The first-order valence-electron chi connectivity index (χ1n) is 10.5. The first kappa shape index (κ1) is 20.0. The summed E-state index contributed by atoms with van der Waals surface area (Å²) in [6.45, 7) is 2.25. The minimum atomic E-state index is -0.0272. The Labute approximate surface area is 176 Å². The molecule has 1 atom stereocenters. The zero-order valence-corrected chi connectivity index (χ0v) is 17.7. The van der Waals surface area contributed by atoms with E-state index in [2.05, 4.69) is 5.32 Å². The van der Waals surface area contributed by atoms with Crippen LogP contribution >= 0.6 is 11.3 Å². The summed E-state index contributed by atoms with van der Waals surface area (Å²) >= 11 is 1.63. The first-order valence-corrected chi connectivity index (χ1v) is 11.3. The van der Waals surface area contributed by atoms with Crippen LogP contribution in [0.15, 0.2) is 30.3 Å². The number of benzene rings is 1. The van der Waals surface area contributed by atoms with E-state index in [1.807, 2.05) is 35.2 Å². The number of carbonyl (C=O) groups excluding carboxylic acids is 2. The Morgan fingerprint density at radius 2 is 2.03 bits per heavy atom. The third kappa shape index (κ3) is 4.64. The van der Waals surface area contributed by atoms with Crippen molar-refractivity contribution in [1.29, 1.82) is 0 Å². The summed E-state index contributed by atoms with van der Waals surface area (Å²) in [6.07, 6.45) is 5.87. The summed E-state index contributed by atoms with van der Waals surface area (Å²) < 4.78 is 5.24. The number of fused-ring (bicyclic) bond motifs is 1. The number of ether oxygens (including phenoxy) is 1. The lowest BCUT2D eigenvalue weighted by molar-refractivity contribution is -0.125. The zero-order valence-electron chi connectivity index (χ0n) is 16.9. The van der Waals surface area contributed by atoms with Crippen molar-refractivity contribution in [3.63, 3.8) is 0 Å². The Balaban J connectivity index is 1.36. The van der Waals surface area contributed by atoms with Crippen molar-refractivity contribution in [1.82, 2.24) is 10.2 Å². The monoisotopic (exact) mass is 412 g/mol. The number of thiophene rings is 1. The number of amides is 2. The molecule has 2 amide bonds. The van der Waals surface area contributed by atoms with Gasteiger partial charge >= 0.3 is 0 Å². The van der Waals surface area contributed by atoms with Crippen LogP contribution in [0.2, 0.25) is 0 Å². The van der Waals surface area contributed by atoms with Crippen molar-refractivity contribution in [2.24, 2.45) is 5.92 Å². The first-order chi connectivity index (χ1) is 14.1. The molecule has 0 bridgehead atoms. The number of piperidine rings is 1. The third-order valence-corrected chi connectivity index (χ3v) is 7.13. The second kappa shape index (κ2) is 8.99. The van der Waals surface area contributed by atoms with Gasteiger partial charge in [0.05, 0.1) is 12.0 Å². The Morgan fingerprint density at radius 1 is 1.21 bits per heavy atom. The Kier molecular flexibility index (Phi) is 6.19.